The Labute approximate surface area is 88.3 Å². The average Bonchev–Trinajstić information content (AvgIpc) is 2.16. The predicted octanol–water partition coefficient (Wildman–Crippen LogP) is 1.38. The fourth-order valence-corrected chi connectivity index (χ4v) is 0.907. The van der Waals surface area contributed by atoms with E-state index in [1.807, 2.05) is 0 Å². The van der Waals surface area contributed by atoms with E-state index in [0.717, 1.165) is 12.4 Å². The highest BCUT2D eigenvalue weighted by Crippen LogP contribution is 2.27. The molecule has 0 aliphatic rings. The maximum Gasteiger partial charge on any atom is 0.433 e. The zero-order valence-electron chi connectivity index (χ0n) is 7.95. The monoisotopic (exact) mass is 235 g/mol. The second-order valence-electron chi connectivity index (χ2n) is 2.86. The molecule has 1 heterocycles. The molecule has 5 nitrogen and oxygen atoms in total. The average molecular weight is 235 g/mol. The van der Waals surface area contributed by atoms with Crippen LogP contribution in [0.1, 0.15) is 12.1 Å². The van der Waals surface area contributed by atoms with Crippen LogP contribution < -0.4 is 5.32 Å². The molecular weight excluding hydrogens is 227 g/mol. The minimum Gasteiger partial charge on any atom is -0.481 e. The summed E-state index contributed by atoms with van der Waals surface area (Å²) < 4.78 is 36.6. The smallest absolute Gasteiger partial charge is 0.433 e. The number of hydrogen-bond donors (Lipinski definition) is 2. The maximum atomic E-state index is 12.2. The Bertz CT molecular complexity index is 381. The van der Waals surface area contributed by atoms with Crippen LogP contribution >= 0.6 is 0 Å². The lowest BCUT2D eigenvalue weighted by molar-refractivity contribution is -0.141. The number of hydrogen-bond acceptors (Lipinski definition) is 4. The minimum absolute atomic E-state index is 0.00361. The number of halogens is 3. The molecule has 0 bridgehead atoms. The topological polar surface area (TPSA) is 75.1 Å². The summed E-state index contributed by atoms with van der Waals surface area (Å²) in [6, 6.07) is 0.724. The first-order valence-electron chi connectivity index (χ1n) is 4.24. The van der Waals surface area contributed by atoms with Crippen LogP contribution in [0.25, 0.3) is 0 Å². The summed E-state index contributed by atoms with van der Waals surface area (Å²) in [7, 11) is 0. The molecule has 0 fully saturated rings. The number of carboxylic acid groups (broad SMARTS) is 1. The standard InChI is InChI=1S/C8H8F3N3O2/c9-8(10,11)5-3-6(14-4-13-5)12-2-1-7(15)16/h3-4H,1-2H2,(H,15,16)(H,12,13,14). The fourth-order valence-electron chi connectivity index (χ4n) is 0.907. The molecule has 0 aliphatic carbocycles. The predicted molar refractivity (Wildman–Crippen MR) is 47.8 cm³/mol. The first-order valence-corrected chi connectivity index (χ1v) is 4.24. The van der Waals surface area contributed by atoms with E-state index in [1.165, 1.54) is 0 Å². The molecule has 0 saturated carbocycles. The Morgan fingerprint density at radius 1 is 1.44 bits per heavy atom. The summed E-state index contributed by atoms with van der Waals surface area (Å²) >= 11 is 0. The Kier molecular flexibility index (Phi) is 3.64. The second-order valence-corrected chi connectivity index (χ2v) is 2.86. The summed E-state index contributed by atoms with van der Waals surface area (Å²) in [5, 5.41) is 10.8. The maximum absolute atomic E-state index is 12.2. The summed E-state index contributed by atoms with van der Waals surface area (Å²) in [6.45, 7) is 0.00361. The number of carboxylic acids is 1. The first-order chi connectivity index (χ1) is 7.39. The third-order valence-electron chi connectivity index (χ3n) is 1.60. The van der Waals surface area contributed by atoms with Crippen molar-refractivity contribution in [2.45, 2.75) is 12.6 Å². The van der Waals surface area contributed by atoms with E-state index in [1.54, 1.807) is 0 Å². The molecule has 0 atom stereocenters. The molecule has 1 rings (SSSR count). The van der Waals surface area contributed by atoms with Crippen molar-refractivity contribution < 1.29 is 23.1 Å². The highest BCUT2D eigenvalue weighted by atomic mass is 19.4. The Hall–Kier alpha value is -1.86. The molecule has 16 heavy (non-hydrogen) atoms. The van der Waals surface area contributed by atoms with Crippen LogP contribution in [0.2, 0.25) is 0 Å². The summed E-state index contributed by atoms with van der Waals surface area (Å²) in [5.74, 6) is -1.10. The van der Waals surface area contributed by atoms with Crippen molar-refractivity contribution in [2.24, 2.45) is 0 Å². The van der Waals surface area contributed by atoms with Crippen LogP contribution in [-0.2, 0) is 11.0 Å². The molecular formula is C8H8F3N3O2. The zero-order valence-corrected chi connectivity index (χ0v) is 7.95. The highest BCUT2D eigenvalue weighted by molar-refractivity contribution is 5.67. The number of nitrogens with zero attached hydrogens (tertiary/aromatic N) is 2. The van der Waals surface area contributed by atoms with Crippen molar-refractivity contribution in [3.63, 3.8) is 0 Å². The quantitative estimate of drug-likeness (QED) is 0.824. The van der Waals surface area contributed by atoms with Gasteiger partial charge in [0.05, 0.1) is 6.42 Å². The second kappa shape index (κ2) is 4.77. The molecule has 0 unspecified atom stereocenters. The highest BCUT2D eigenvalue weighted by Gasteiger charge is 2.32. The van der Waals surface area contributed by atoms with Gasteiger partial charge in [-0.15, -0.1) is 0 Å². The van der Waals surface area contributed by atoms with Gasteiger partial charge in [0.15, 0.2) is 0 Å². The molecule has 0 aliphatic heterocycles. The molecule has 0 radical (unpaired) electrons. The molecule has 0 aromatic carbocycles. The van der Waals surface area contributed by atoms with E-state index in [9.17, 15) is 18.0 Å². The largest absolute Gasteiger partial charge is 0.481 e. The van der Waals surface area contributed by atoms with E-state index in [0.29, 0.717) is 0 Å². The number of anilines is 1. The molecule has 0 spiro atoms. The third kappa shape index (κ3) is 3.71. The number of nitrogens with one attached hydrogen (secondary N) is 1. The van der Waals surface area contributed by atoms with E-state index in [2.05, 4.69) is 15.3 Å². The van der Waals surface area contributed by atoms with Crippen LogP contribution in [0.3, 0.4) is 0 Å². The molecule has 8 heteroatoms. The minimum atomic E-state index is -4.54. The summed E-state index contributed by atoms with van der Waals surface area (Å²) in [4.78, 5) is 16.8. The van der Waals surface area contributed by atoms with Crippen molar-refractivity contribution in [3.05, 3.63) is 18.1 Å². The third-order valence-corrected chi connectivity index (χ3v) is 1.60. The summed E-state index contributed by atoms with van der Waals surface area (Å²) in [5.41, 5.74) is -1.07. The van der Waals surface area contributed by atoms with Gasteiger partial charge < -0.3 is 10.4 Å². The number of alkyl halides is 3. The van der Waals surface area contributed by atoms with Crippen molar-refractivity contribution in [3.8, 4) is 0 Å². The molecule has 1 aromatic heterocycles. The van der Waals surface area contributed by atoms with Gasteiger partial charge in [0.1, 0.15) is 17.8 Å². The van der Waals surface area contributed by atoms with Gasteiger partial charge in [-0.1, -0.05) is 0 Å². The van der Waals surface area contributed by atoms with E-state index in [-0.39, 0.29) is 18.8 Å². The van der Waals surface area contributed by atoms with Gasteiger partial charge in [0.25, 0.3) is 0 Å². The first kappa shape index (κ1) is 12.2. The normalized spacial score (nSPS) is 11.2. The Balaban J connectivity index is 2.64. The van der Waals surface area contributed by atoms with E-state index < -0.39 is 17.8 Å². The van der Waals surface area contributed by atoms with Gasteiger partial charge in [0.2, 0.25) is 0 Å². The molecule has 0 amide bonds. The van der Waals surface area contributed by atoms with Crippen LogP contribution in [-0.4, -0.2) is 27.6 Å². The molecule has 0 saturated heterocycles. The van der Waals surface area contributed by atoms with Gasteiger partial charge in [-0.2, -0.15) is 13.2 Å². The van der Waals surface area contributed by atoms with Crippen molar-refractivity contribution in [1.82, 2.24) is 9.97 Å². The van der Waals surface area contributed by atoms with Crippen LogP contribution in [0.15, 0.2) is 12.4 Å². The number of carbonyl (C=O) groups is 1. The zero-order chi connectivity index (χ0) is 12.2. The van der Waals surface area contributed by atoms with Gasteiger partial charge in [-0.3, -0.25) is 4.79 Å². The van der Waals surface area contributed by atoms with E-state index >= 15 is 0 Å². The Morgan fingerprint density at radius 2 is 2.12 bits per heavy atom. The molecule has 88 valence electrons. The van der Waals surface area contributed by atoms with Crippen LogP contribution in [0.4, 0.5) is 19.0 Å². The molecule has 1 aromatic rings. The van der Waals surface area contributed by atoms with E-state index in [4.69, 9.17) is 5.11 Å². The van der Waals surface area contributed by atoms with Gasteiger partial charge in [0, 0.05) is 12.6 Å². The van der Waals surface area contributed by atoms with Crippen LogP contribution in [0.5, 0.6) is 0 Å². The number of aliphatic carboxylic acids is 1. The number of rotatable bonds is 4. The number of aromatic nitrogens is 2. The van der Waals surface area contributed by atoms with Gasteiger partial charge >= 0.3 is 12.1 Å². The van der Waals surface area contributed by atoms with Gasteiger partial charge in [-0.05, 0) is 0 Å². The lowest BCUT2D eigenvalue weighted by Crippen LogP contribution is -2.12. The van der Waals surface area contributed by atoms with Crippen molar-refractivity contribution in [2.75, 3.05) is 11.9 Å². The van der Waals surface area contributed by atoms with Crippen molar-refractivity contribution >= 4 is 11.8 Å². The SMILES string of the molecule is O=C(O)CCNc1cc(C(F)(F)F)ncn1. The fraction of sp³-hybridized carbons (Fsp3) is 0.375. The lowest BCUT2D eigenvalue weighted by Gasteiger charge is -2.07. The van der Waals surface area contributed by atoms with Gasteiger partial charge in [-0.25, -0.2) is 9.97 Å². The van der Waals surface area contributed by atoms with Crippen LogP contribution in [0, 0.1) is 0 Å². The summed E-state index contributed by atoms with van der Waals surface area (Å²) in [6.07, 6.45) is -3.97. The lowest BCUT2D eigenvalue weighted by atomic mass is 10.3. The van der Waals surface area contributed by atoms with Crippen molar-refractivity contribution in [1.29, 1.82) is 0 Å². The Morgan fingerprint density at radius 3 is 2.69 bits per heavy atom. The molecule has 2 N–H and O–H groups in total.